The lowest BCUT2D eigenvalue weighted by molar-refractivity contribution is 1.07. The number of aryl methyl sites for hydroxylation is 1. The van der Waals surface area contributed by atoms with E-state index in [1.165, 1.54) is 10.9 Å². The van der Waals surface area contributed by atoms with Crippen LogP contribution < -0.4 is 0 Å². The molecule has 2 rings (SSSR count). The Morgan fingerprint density at radius 3 is 2.91 bits per heavy atom. The molecule has 0 spiro atoms. The molecule has 0 aliphatic heterocycles. The third kappa shape index (κ3) is 0.963. The second-order valence-electron chi connectivity index (χ2n) is 2.54. The van der Waals surface area contributed by atoms with Crippen molar-refractivity contribution < 1.29 is 0 Å². The van der Waals surface area contributed by atoms with Gasteiger partial charge in [0.2, 0.25) is 0 Å². The molecule has 2 aromatic rings. The molecule has 0 aliphatic rings. The first kappa shape index (κ1) is 6.28. The van der Waals surface area contributed by atoms with E-state index in [4.69, 9.17) is 0 Å². The van der Waals surface area contributed by atoms with Gasteiger partial charge in [0.25, 0.3) is 0 Å². The van der Waals surface area contributed by atoms with Crippen LogP contribution in [-0.2, 0) is 0 Å². The molecule has 2 heteroatoms. The predicted octanol–water partition coefficient (Wildman–Crippen LogP) is 1.94. The first-order chi connectivity index (χ1) is 5.38. The lowest BCUT2D eigenvalue weighted by Gasteiger charge is -1.96. The Morgan fingerprint density at radius 1 is 1.18 bits per heavy atom. The maximum absolute atomic E-state index is 3.99. The van der Waals surface area contributed by atoms with Gasteiger partial charge in [0, 0.05) is 5.39 Å². The zero-order valence-electron chi connectivity index (χ0n) is 6.28. The second-order valence-corrected chi connectivity index (χ2v) is 2.54. The first-order valence-corrected chi connectivity index (χ1v) is 3.55. The average Bonchev–Trinajstić information content (AvgIpc) is 2.06. The molecule has 2 nitrogen and oxygen atoms in total. The normalized spacial score (nSPS) is 10.3. The van der Waals surface area contributed by atoms with Gasteiger partial charge in [0.05, 0.1) is 11.7 Å². The van der Waals surface area contributed by atoms with Crippen LogP contribution in [0, 0.1) is 6.92 Å². The van der Waals surface area contributed by atoms with Crippen LogP contribution in [0.4, 0.5) is 0 Å². The van der Waals surface area contributed by atoms with Crippen molar-refractivity contribution in [3.8, 4) is 0 Å². The molecule has 11 heavy (non-hydrogen) atoms. The molecular weight excluding hydrogens is 136 g/mol. The number of aromatic nitrogens is 2. The quantitative estimate of drug-likeness (QED) is 0.564. The van der Waals surface area contributed by atoms with Crippen molar-refractivity contribution in [2.24, 2.45) is 0 Å². The zero-order chi connectivity index (χ0) is 7.68. The highest BCUT2D eigenvalue weighted by Gasteiger charge is 1.94. The van der Waals surface area contributed by atoms with Gasteiger partial charge in [-0.2, -0.15) is 10.2 Å². The summed E-state index contributed by atoms with van der Waals surface area (Å²) >= 11 is 0. The minimum Gasteiger partial charge on any atom is -0.159 e. The van der Waals surface area contributed by atoms with Gasteiger partial charge in [-0.3, -0.25) is 0 Å². The molecule has 0 radical (unpaired) electrons. The Bertz CT molecular complexity index is 377. The molecule has 0 bridgehead atoms. The van der Waals surface area contributed by atoms with Crippen molar-refractivity contribution in [3.63, 3.8) is 0 Å². The number of rotatable bonds is 0. The van der Waals surface area contributed by atoms with Crippen LogP contribution in [0.5, 0.6) is 0 Å². The Balaban J connectivity index is 2.91. The minimum atomic E-state index is 0.965. The maximum Gasteiger partial charge on any atom is 0.0932 e. The van der Waals surface area contributed by atoms with Crippen molar-refractivity contribution in [1.82, 2.24) is 10.2 Å². The molecule has 54 valence electrons. The molecule has 1 aromatic heterocycles. The van der Waals surface area contributed by atoms with Crippen LogP contribution >= 0.6 is 0 Å². The third-order valence-electron chi connectivity index (χ3n) is 1.77. The fourth-order valence-corrected chi connectivity index (χ4v) is 1.17. The van der Waals surface area contributed by atoms with Gasteiger partial charge < -0.3 is 0 Å². The summed E-state index contributed by atoms with van der Waals surface area (Å²) in [6.07, 6.45) is 1.72. The number of benzene rings is 1. The highest BCUT2D eigenvalue weighted by molar-refractivity contribution is 5.80. The van der Waals surface area contributed by atoms with Crippen molar-refractivity contribution >= 4 is 10.9 Å². The van der Waals surface area contributed by atoms with Crippen LogP contribution in [0.2, 0.25) is 0 Å². The van der Waals surface area contributed by atoms with E-state index in [0.29, 0.717) is 0 Å². The number of nitrogens with zero attached hydrogens (tertiary/aromatic N) is 2. The van der Waals surface area contributed by atoms with Crippen molar-refractivity contribution in [1.29, 1.82) is 0 Å². The number of hydrogen-bond acceptors (Lipinski definition) is 2. The number of hydrogen-bond donors (Lipinski definition) is 0. The van der Waals surface area contributed by atoms with Gasteiger partial charge in [-0.05, 0) is 24.6 Å². The van der Waals surface area contributed by atoms with E-state index in [2.05, 4.69) is 23.2 Å². The van der Waals surface area contributed by atoms with E-state index >= 15 is 0 Å². The van der Waals surface area contributed by atoms with Crippen molar-refractivity contribution in [2.45, 2.75) is 6.92 Å². The molecule has 0 atom stereocenters. The minimum absolute atomic E-state index is 0.965. The Labute approximate surface area is 64.9 Å². The van der Waals surface area contributed by atoms with Gasteiger partial charge in [-0.1, -0.05) is 12.1 Å². The molecule has 0 fully saturated rings. The number of fused-ring (bicyclic) bond motifs is 1. The maximum atomic E-state index is 3.99. The van der Waals surface area contributed by atoms with Crippen LogP contribution in [0.3, 0.4) is 0 Å². The molecular formula is C9H8N2. The zero-order valence-corrected chi connectivity index (χ0v) is 6.28. The van der Waals surface area contributed by atoms with E-state index in [1.807, 2.05) is 18.2 Å². The lowest BCUT2D eigenvalue weighted by Crippen LogP contribution is -1.83. The van der Waals surface area contributed by atoms with Crippen LogP contribution in [0.25, 0.3) is 10.9 Å². The fraction of sp³-hybridized carbons (Fsp3) is 0.111. The summed E-state index contributed by atoms with van der Waals surface area (Å²) in [6, 6.07) is 8.02. The standard InChI is InChI=1S/C9H8N2/c1-7-3-2-4-9-8(7)5-6-10-11-9/h2-6H,1H3. The van der Waals surface area contributed by atoms with E-state index in [1.54, 1.807) is 6.20 Å². The molecule has 0 unspecified atom stereocenters. The topological polar surface area (TPSA) is 25.8 Å². The van der Waals surface area contributed by atoms with E-state index < -0.39 is 0 Å². The predicted molar refractivity (Wildman–Crippen MR) is 44.3 cm³/mol. The molecule has 0 saturated carbocycles. The highest BCUT2D eigenvalue weighted by Crippen LogP contribution is 2.13. The van der Waals surface area contributed by atoms with Crippen molar-refractivity contribution in [3.05, 3.63) is 36.0 Å². The summed E-state index contributed by atoms with van der Waals surface area (Å²) in [5, 5.41) is 8.98. The summed E-state index contributed by atoms with van der Waals surface area (Å²) in [5.41, 5.74) is 2.21. The summed E-state index contributed by atoms with van der Waals surface area (Å²) < 4.78 is 0. The van der Waals surface area contributed by atoms with Crippen LogP contribution in [0.1, 0.15) is 5.56 Å². The van der Waals surface area contributed by atoms with E-state index in [0.717, 1.165) is 5.52 Å². The summed E-state index contributed by atoms with van der Waals surface area (Å²) in [4.78, 5) is 0. The summed E-state index contributed by atoms with van der Waals surface area (Å²) in [7, 11) is 0. The van der Waals surface area contributed by atoms with Crippen LogP contribution in [0.15, 0.2) is 30.5 Å². The van der Waals surface area contributed by atoms with E-state index in [-0.39, 0.29) is 0 Å². The molecule has 0 N–H and O–H groups in total. The van der Waals surface area contributed by atoms with E-state index in [9.17, 15) is 0 Å². The summed E-state index contributed by atoms with van der Waals surface area (Å²) in [5.74, 6) is 0. The smallest absolute Gasteiger partial charge is 0.0932 e. The average molecular weight is 144 g/mol. The highest BCUT2D eigenvalue weighted by atomic mass is 15.1. The molecule has 0 saturated heterocycles. The van der Waals surface area contributed by atoms with Crippen LogP contribution in [-0.4, -0.2) is 10.2 Å². The third-order valence-corrected chi connectivity index (χ3v) is 1.77. The van der Waals surface area contributed by atoms with Gasteiger partial charge in [0.15, 0.2) is 0 Å². The molecule has 1 heterocycles. The second kappa shape index (κ2) is 2.31. The fourth-order valence-electron chi connectivity index (χ4n) is 1.17. The largest absolute Gasteiger partial charge is 0.159 e. The van der Waals surface area contributed by atoms with Gasteiger partial charge in [-0.15, -0.1) is 0 Å². The summed E-state index contributed by atoms with van der Waals surface area (Å²) in [6.45, 7) is 2.07. The molecule has 0 aliphatic carbocycles. The van der Waals surface area contributed by atoms with Crippen molar-refractivity contribution in [2.75, 3.05) is 0 Å². The monoisotopic (exact) mass is 144 g/mol. The van der Waals surface area contributed by atoms with Gasteiger partial charge in [-0.25, -0.2) is 0 Å². The SMILES string of the molecule is Cc1cccc2nnccc12. The Hall–Kier alpha value is -1.44. The lowest BCUT2D eigenvalue weighted by atomic mass is 10.1. The van der Waals surface area contributed by atoms with Gasteiger partial charge >= 0.3 is 0 Å². The van der Waals surface area contributed by atoms with Gasteiger partial charge in [0.1, 0.15) is 0 Å². The molecule has 1 aromatic carbocycles. The Morgan fingerprint density at radius 2 is 2.09 bits per heavy atom. The Kier molecular flexibility index (Phi) is 1.32. The first-order valence-electron chi connectivity index (χ1n) is 3.55. The molecule has 0 amide bonds.